The second kappa shape index (κ2) is 9.75. The second-order valence-electron chi connectivity index (χ2n) is 6.81. The fourth-order valence-corrected chi connectivity index (χ4v) is 2.82. The third kappa shape index (κ3) is 6.37. The molecule has 0 aromatic rings. The van der Waals surface area contributed by atoms with Gasteiger partial charge >= 0.3 is 0 Å². The number of likely N-dealkylation sites (N-methyl/N-ethyl adjacent to an activating group) is 2. The molecule has 0 aromatic carbocycles. The number of hydrogen-bond acceptors (Lipinski definition) is 3. The van der Waals surface area contributed by atoms with Gasteiger partial charge in [0.2, 0.25) is 5.91 Å². The van der Waals surface area contributed by atoms with Gasteiger partial charge < -0.3 is 15.1 Å². The Labute approximate surface area is 141 Å². The average Bonchev–Trinajstić information content (AvgIpc) is 2.97. The molecule has 1 aliphatic heterocycles. The Kier molecular flexibility index (Phi) is 8.37. The summed E-state index contributed by atoms with van der Waals surface area (Å²) < 4.78 is 0. The average molecular weight is 326 g/mol. The van der Waals surface area contributed by atoms with Gasteiger partial charge in [-0.1, -0.05) is 27.7 Å². The Balaban J connectivity index is 2.72. The van der Waals surface area contributed by atoms with Gasteiger partial charge in [0.1, 0.15) is 6.54 Å². The van der Waals surface area contributed by atoms with Crippen LogP contribution in [-0.2, 0) is 4.79 Å². The fourth-order valence-electron chi connectivity index (χ4n) is 2.82. The molecule has 1 fully saturated rings. The summed E-state index contributed by atoms with van der Waals surface area (Å²) in [5, 5.41) is 3.44. The molecule has 0 aromatic heterocycles. The van der Waals surface area contributed by atoms with Gasteiger partial charge in [-0.15, -0.1) is 0 Å². The van der Waals surface area contributed by atoms with E-state index < -0.39 is 0 Å². The molecule has 1 N–H and O–H groups in total. The topological polar surface area (TPSA) is 51.2 Å². The minimum Gasteiger partial charge on any atom is -0.356 e. The van der Waals surface area contributed by atoms with Gasteiger partial charge in [0.25, 0.3) is 0 Å². The normalized spacial score (nSPS) is 18.9. The van der Waals surface area contributed by atoms with Crippen molar-refractivity contribution in [1.29, 1.82) is 0 Å². The molecule has 0 radical (unpaired) electrons. The standard InChI is InChI=1S/C17H35N5O/c1-7-21(8-2)15-9-10-22(13-15)17(18-11-14(3)4)19-12-16(23)20(5)6/h14-15H,7-13H2,1-6H3,(H,18,19). The summed E-state index contributed by atoms with van der Waals surface area (Å²) in [4.78, 5) is 22.8. The lowest BCUT2D eigenvalue weighted by molar-refractivity contribution is -0.127. The van der Waals surface area contributed by atoms with Crippen molar-refractivity contribution in [2.75, 3.05) is 53.4 Å². The highest BCUT2D eigenvalue weighted by molar-refractivity contribution is 5.85. The van der Waals surface area contributed by atoms with Crippen LogP contribution in [0.1, 0.15) is 34.1 Å². The van der Waals surface area contributed by atoms with E-state index in [1.165, 1.54) is 0 Å². The van der Waals surface area contributed by atoms with E-state index in [9.17, 15) is 4.79 Å². The lowest BCUT2D eigenvalue weighted by Crippen LogP contribution is -2.44. The van der Waals surface area contributed by atoms with E-state index in [0.717, 1.165) is 45.1 Å². The number of aliphatic imine (C=N–C) groups is 1. The number of likely N-dealkylation sites (tertiary alicyclic amines) is 1. The maximum Gasteiger partial charge on any atom is 0.243 e. The number of nitrogens with one attached hydrogen (secondary N) is 1. The minimum atomic E-state index is 0.0355. The number of guanidine groups is 1. The predicted octanol–water partition coefficient (Wildman–Crippen LogP) is 1.09. The molecule has 0 saturated carbocycles. The highest BCUT2D eigenvalue weighted by Gasteiger charge is 2.28. The molecule has 1 rings (SSSR count). The maximum atomic E-state index is 11.8. The molecule has 6 nitrogen and oxygen atoms in total. The van der Waals surface area contributed by atoms with E-state index in [1.54, 1.807) is 19.0 Å². The Hall–Kier alpha value is -1.30. The Morgan fingerprint density at radius 1 is 1.30 bits per heavy atom. The number of carbonyl (C=O) groups excluding carboxylic acids is 1. The van der Waals surface area contributed by atoms with Crippen LogP contribution in [0.25, 0.3) is 0 Å². The maximum absolute atomic E-state index is 11.8. The largest absolute Gasteiger partial charge is 0.356 e. The number of nitrogens with zero attached hydrogens (tertiary/aromatic N) is 4. The van der Waals surface area contributed by atoms with Crippen molar-refractivity contribution in [3.05, 3.63) is 0 Å². The van der Waals surface area contributed by atoms with Gasteiger partial charge in [-0.3, -0.25) is 9.69 Å². The van der Waals surface area contributed by atoms with Crippen molar-refractivity contribution in [1.82, 2.24) is 20.0 Å². The summed E-state index contributed by atoms with van der Waals surface area (Å²) in [6.07, 6.45) is 1.16. The quantitative estimate of drug-likeness (QED) is 0.562. The van der Waals surface area contributed by atoms with Gasteiger partial charge in [0.15, 0.2) is 5.96 Å². The lowest BCUT2D eigenvalue weighted by atomic mass is 10.2. The highest BCUT2D eigenvalue weighted by atomic mass is 16.2. The third-order valence-corrected chi connectivity index (χ3v) is 4.32. The molecule has 1 aliphatic rings. The molecule has 0 spiro atoms. The van der Waals surface area contributed by atoms with Crippen LogP contribution in [0, 0.1) is 5.92 Å². The number of hydrogen-bond donors (Lipinski definition) is 1. The molecule has 1 unspecified atom stereocenters. The molecule has 0 bridgehead atoms. The van der Waals surface area contributed by atoms with Gasteiger partial charge in [0, 0.05) is 39.8 Å². The summed E-state index contributed by atoms with van der Waals surface area (Å²) in [5.74, 6) is 1.46. The molecule has 6 heteroatoms. The molecule has 23 heavy (non-hydrogen) atoms. The first-order valence-electron chi connectivity index (χ1n) is 8.86. The first-order chi connectivity index (χ1) is 10.9. The smallest absolute Gasteiger partial charge is 0.243 e. The zero-order chi connectivity index (χ0) is 17.4. The fraction of sp³-hybridized carbons (Fsp3) is 0.882. The van der Waals surface area contributed by atoms with E-state index in [4.69, 9.17) is 0 Å². The summed E-state index contributed by atoms with van der Waals surface area (Å²) in [7, 11) is 3.54. The van der Waals surface area contributed by atoms with E-state index in [2.05, 4.69) is 47.8 Å². The van der Waals surface area contributed by atoms with Crippen LogP contribution >= 0.6 is 0 Å². The Morgan fingerprint density at radius 2 is 1.96 bits per heavy atom. The molecule has 134 valence electrons. The predicted molar refractivity (Wildman–Crippen MR) is 96.7 cm³/mol. The summed E-state index contributed by atoms with van der Waals surface area (Å²) in [6, 6.07) is 0.584. The molecule has 1 atom stereocenters. The van der Waals surface area contributed by atoms with Crippen LogP contribution in [0.5, 0.6) is 0 Å². The molecule has 0 aliphatic carbocycles. The molecule has 1 amide bonds. The zero-order valence-corrected chi connectivity index (χ0v) is 15.8. The molecular formula is C17H35N5O. The first kappa shape index (κ1) is 19.7. The number of rotatable bonds is 7. The zero-order valence-electron chi connectivity index (χ0n) is 15.8. The van der Waals surface area contributed by atoms with E-state index >= 15 is 0 Å². The van der Waals surface area contributed by atoms with E-state index in [-0.39, 0.29) is 12.5 Å². The van der Waals surface area contributed by atoms with Crippen molar-refractivity contribution in [2.45, 2.75) is 40.2 Å². The Morgan fingerprint density at radius 3 is 2.48 bits per heavy atom. The van der Waals surface area contributed by atoms with Gasteiger partial charge in [-0.2, -0.15) is 0 Å². The third-order valence-electron chi connectivity index (χ3n) is 4.32. The van der Waals surface area contributed by atoms with Crippen LogP contribution in [0.4, 0.5) is 0 Å². The Bertz CT molecular complexity index is 390. The monoisotopic (exact) mass is 325 g/mol. The van der Waals surface area contributed by atoms with Gasteiger partial charge in [-0.05, 0) is 25.4 Å². The lowest BCUT2D eigenvalue weighted by Gasteiger charge is -2.27. The van der Waals surface area contributed by atoms with Crippen LogP contribution in [0.2, 0.25) is 0 Å². The van der Waals surface area contributed by atoms with E-state index in [0.29, 0.717) is 12.0 Å². The van der Waals surface area contributed by atoms with Crippen molar-refractivity contribution >= 4 is 11.9 Å². The second-order valence-corrected chi connectivity index (χ2v) is 6.81. The van der Waals surface area contributed by atoms with Crippen LogP contribution in [-0.4, -0.2) is 86.0 Å². The van der Waals surface area contributed by atoms with Crippen molar-refractivity contribution < 1.29 is 4.79 Å². The SMILES string of the molecule is CCN(CC)C1CCN(C(=NCC(=O)N(C)C)NCC(C)C)C1. The van der Waals surface area contributed by atoms with Crippen LogP contribution < -0.4 is 5.32 Å². The number of amides is 1. The summed E-state index contributed by atoms with van der Waals surface area (Å²) in [5.41, 5.74) is 0. The van der Waals surface area contributed by atoms with E-state index in [1.807, 2.05) is 0 Å². The first-order valence-corrected chi connectivity index (χ1v) is 8.86. The molecule has 1 saturated heterocycles. The highest BCUT2D eigenvalue weighted by Crippen LogP contribution is 2.15. The summed E-state index contributed by atoms with van der Waals surface area (Å²) in [6.45, 7) is 14.0. The number of carbonyl (C=O) groups is 1. The van der Waals surface area contributed by atoms with Gasteiger partial charge in [0.05, 0.1) is 0 Å². The van der Waals surface area contributed by atoms with Gasteiger partial charge in [-0.25, -0.2) is 4.99 Å². The molecular weight excluding hydrogens is 290 g/mol. The van der Waals surface area contributed by atoms with Crippen molar-refractivity contribution in [3.63, 3.8) is 0 Å². The van der Waals surface area contributed by atoms with Crippen LogP contribution in [0.3, 0.4) is 0 Å². The van der Waals surface area contributed by atoms with Crippen molar-refractivity contribution in [2.24, 2.45) is 10.9 Å². The summed E-state index contributed by atoms with van der Waals surface area (Å²) >= 11 is 0. The minimum absolute atomic E-state index is 0.0355. The van der Waals surface area contributed by atoms with Crippen molar-refractivity contribution in [3.8, 4) is 0 Å². The molecule has 1 heterocycles. The van der Waals surface area contributed by atoms with Crippen LogP contribution in [0.15, 0.2) is 4.99 Å².